The van der Waals surface area contributed by atoms with Gasteiger partial charge in [0.2, 0.25) is 5.75 Å². The minimum absolute atomic E-state index is 0.108. The summed E-state index contributed by atoms with van der Waals surface area (Å²) in [4.78, 5) is 11.5. The molecule has 3 unspecified atom stereocenters. The molecule has 2 nitrogen and oxygen atoms in total. The Morgan fingerprint density at radius 1 is 1.00 bits per heavy atom. The van der Waals surface area contributed by atoms with E-state index in [1.807, 2.05) is 0 Å². The second-order valence-electron chi connectivity index (χ2n) is 6.67. The Morgan fingerprint density at radius 3 is 2.29 bits per heavy atom. The lowest BCUT2D eigenvalue weighted by Crippen LogP contribution is -2.30. The van der Waals surface area contributed by atoms with Crippen LogP contribution in [-0.4, -0.2) is 12.1 Å². The number of rotatable bonds is 2. The third kappa shape index (κ3) is 3.70. The fourth-order valence-corrected chi connectivity index (χ4v) is 4.02. The molecule has 0 radical (unpaired) electrons. The molecule has 1 aromatic rings. The monoisotopic (exact) mass is 348 g/mol. The van der Waals surface area contributed by atoms with Crippen LogP contribution in [0.5, 0.6) is 5.75 Å². The van der Waals surface area contributed by atoms with Crippen LogP contribution in [0.25, 0.3) is 0 Å². The van der Waals surface area contributed by atoms with E-state index in [0.717, 1.165) is 25.0 Å². The summed E-state index contributed by atoms with van der Waals surface area (Å²) < 4.78 is 67.7. The Balaban J connectivity index is 1.77. The van der Waals surface area contributed by atoms with Crippen LogP contribution in [0.4, 0.5) is 22.0 Å². The van der Waals surface area contributed by atoms with Crippen molar-refractivity contribution in [1.82, 2.24) is 0 Å². The molecule has 2 saturated carbocycles. The van der Waals surface area contributed by atoms with Gasteiger partial charge in [-0.3, -0.25) is 4.79 Å². The van der Waals surface area contributed by atoms with Gasteiger partial charge in [0.25, 0.3) is 0 Å². The quantitative estimate of drug-likeness (QED) is 0.694. The summed E-state index contributed by atoms with van der Waals surface area (Å²) in [5, 5.41) is 0. The van der Waals surface area contributed by atoms with Gasteiger partial charge in [-0.15, -0.1) is 13.2 Å². The molecule has 1 aromatic carbocycles. The van der Waals surface area contributed by atoms with Crippen LogP contribution in [0.3, 0.4) is 0 Å². The van der Waals surface area contributed by atoms with E-state index in [-0.39, 0.29) is 11.7 Å². The molecule has 2 fully saturated rings. The van der Waals surface area contributed by atoms with Gasteiger partial charge in [0.05, 0.1) is 0 Å². The Hall–Kier alpha value is -1.66. The number of benzene rings is 1. The minimum Gasteiger partial charge on any atom is -0.399 e. The number of fused-ring (bicyclic) bond motifs is 1. The Bertz CT molecular complexity index is 617. The molecular formula is C17H17F5O2. The summed E-state index contributed by atoms with van der Waals surface area (Å²) in [7, 11) is 0. The zero-order chi connectivity index (χ0) is 17.5. The Labute approximate surface area is 136 Å². The maximum absolute atomic E-state index is 13.9. The highest BCUT2D eigenvalue weighted by molar-refractivity contribution is 5.79. The van der Waals surface area contributed by atoms with Crippen LogP contribution in [0.15, 0.2) is 12.1 Å². The van der Waals surface area contributed by atoms with Gasteiger partial charge in [-0.1, -0.05) is 0 Å². The largest absolute Gasteiger partial charge is 0.573 e. The van der Waals surface area contributed by atoms with Crippen molar-refractivity contribution in [3.05, 3.63) is 29.3 Å². The van der Waals surface area contributed by atoms with Crippen molar-refractivity contribution in [2.75, 3.05) is 0 Å². The number of halogens is 5. The van der Waals surface area contributed by atoms with Crippen molar-refractivity contribution in [3.8, 4) is 5.75 Å². The van der Waals surface area contributed by atoms with Crippen LogP contribution in [-0.2, 0) is 4.79 Å². The predicted molar refractivity (Wildman–Crippen MR) is 75.5 cm³/mol. The Morgan fingerprint density at radius 2 is 1.67 bits per heavy atom. The standard InChI is InChI=1S/C17H17F5O2/c18-14-7-12(8-15(19)16(14)24-17(20,21)22)10-1-2-11-6-13(23)4-3-9(11)5-10/h7-11H,1-6H2. The Kier molecular flexibility index (Phi) is 4.53. The summed E-state index contributed by atoms with van der Waals surface area (Å²) >= 11 is 0. The van der Waals surface area contributed by atoms with Gasteiger partial charge in [0.15, 0.2) is 11.6 Å². The van der Waals surface area contributed by atoms with Crippen molar-refractivity contribution in [2.45, 2.75) is 50.8 Å². The number of hydrogen-bond acceptors (Lipinski definition) is 2. The molecule has 2 aliphatic carbocycles. The molecule has 3 atom stereocenters. The molecule has 0 bridgehead atoms. The van der Waals surface area contributed by atoms with Gasteiger partial charge < -0.3 is 4.74 Å². The SMILES string of the molecule is O=C1CCC2CC(c3cc(F)c(OC(F)(F)F)c(F)c3)CCC2C1. The molecule has 0 spiro atoms. The number of Topliss-reactive ketones (excluding diaryl/α,β-unsaturated/α-hetero) is 1. The normalized spacial score (nSPS) is 27.7. The number of ether oxygens (including phenoxy) is 1. The highest BCUT2D eigenvalue weighted by atomic mass is 19.4. The number of hydrogen-bond donors (Lipinski definition) is 0. The van der Waals surface area contributed by atoms with Crippen LogP contribution < -0.4 is 4.74 Å². The van der Waals surface area contributed by atoms with Gasteiger partial charge in [0.1, 0.15) is 5.78 Å². The molecule has 0 saturated heterocycles. The maximum atomic E-state index is 13.9. The highest BCUT2D eigenvalue weighted by Gasteiger charge is 2.37. The zero-order valence-corrected chi connectivity index (χ0v) is 12.8. The lowest BCUT2D eigenvalue weighted by molar-refractivity contribution is -0.276. The molecule has 0 aromatic heterocycles. The summed E-state index contributed by atoms with van der Waals surface area (Å²) in [5.41, 5.74) is 0.356. The molecule has 0 aliphatic heterocycles. The first-order chi connectivity index (χ1) is 11.2. The van der Waals surface area contributed by atoms with Crippen molar-refractivity contribution >= 4 is 5.78 Å². The predicted octanol–water partition coefficient (Wildman–Crippen LogP) is 5.12. The van der Waals surface area contributed by atoms with E-state index in [1.165, 1.54) is 0 Å². The van der Waals surface area contributed by atoms with Crippen molar-refractivity contribution in [3.63, 3.8) is 0 Å². The lowest BCUT2D eigenvalue weighted by Gasteiger charge is -2.39. The van der Waals surface area contributed by atoms with E-state index in [9.17, 15) is 26.7 Å². The molecule has 132 valence electrons. The third-order valence-corrected chi connectivity index (χ3v) is 5.13. The molecule has 0 amide bonds. The molecule has 24 heavy (non-hydrogen) atoms. The van der Waals surface area contributed by atoms with Crippen LogP contribution in [0.1, 0.15) is 50.0 Å². The van der Waals surface area contributed by atoms with Gasteiger partial charge in [-0.25, -0.2) is 8.78 Å². The second kappa shape index (κ2) is 6.33. The molecule has 0 N–H and O–H groups in total. The fraction of sp³-hybridized carbons (Fsp3) is 0.588. The molecular weight excluding hydrogens is 331 g/mol. The first kappa shape index (κ1) is 17.2. The van der Waals surface area contributed by atoms with E-state index in [1.54, 1.807) is 0 Å². The van der Waals surface area contributed by atoms with Crippen molar-refractivity contribution < 1.29 is 31.5 Å². The zero-order valence-electron chi connectivity index (χ0n) is 12.8. The fourth-order valence-electron chi connectivity index (χ4n) is 4.02. The summed E-state index contributed by atoms with van der Waals surface area (Å²) in [6.07, 6.45) is -1.09. The summed E-state index contributed by atoms with van der Waals surface area (Å²) in [6.45, 7) is 0. The number of ketones is 1. The first-order valence-corrected chi connectivity index (χ1v) is 7.99. The van der Waals surface area contributed by atoms with E-state index >= 15 is 0 Å². The van der Waals surface area contributed by atoms with Crippen LogP contribution in [0.2, 0.25) is 0 Å². The smallest absolute Gasteiger partial charge is 0.399 e. The van der Waals surface area contributed by atoms with Gasteiger partial charge in [-0.05, 0) is 61.1 Å². The molecule has 3 rings (SSSR count). The highest BCUT2D eigenvalue weighted by Crippen LogP contribution is 2.46. The number of carbonyl (C=O) groups is 1. The first-order valence-electron chi connectivity index (χ1n) is 7.99. The van der Waals surface area contributed by atoms with Gasteiger partial charge in [0, 0.05) is 12.8 Å². The van der Waals surface area contributed by atoms with Gasteiger partial charge in [-0.2, -0.15) is 0 Å². The lowest BCUT2D eigenvalue weighted by atomic mass is 9.66. The summed E-state index contributed by atoms with van der Waals surface area (Å²) in [5.74, 6) is -3.29. The second-order valence-corrected chi connectivity index (χ2v) is 6.67. The maximum Gasteiger partial charge on any atom is 0.573 e. The van der Waals surface area contributed by atoms with E-state index in [2.05, 4.69) is 4.74 Å². The van der Waals surface area contributed by atoms with Crippen LogP contribution in [0, 0.1) is 23.5 Å². The molecule has 7 heteroatoms. The summed E-state index contributed by atoms with van der Waals surface area (Å²) in [6, 6.07) is 1.87. The van der Waals surface area contributed by atoms with Crippen molar-refractivity contribution in [2.24, 2.45) is 11.8 Å². The average Bonchev–Trinajstić information content (AvgIpc) is 2.49. The number of carbonyl (C=O) groups excluding carboxylic acids is 1. The van der Waals surface area contributed by atoms with E-state index in [0.29, 0.717) is 43.1 Å². The van der Waals surface area contributed by atoms with E-state index in [4.69, 9.17) is 0 Å². The van der Waals surface area contributed by atoms with Crippen LogP contribution >= 0.6 is 0 Å². The molecule has 2 aliphatic rings. The third-order valence-electron chi connectivity index (χ3n) is 5.13. The number of alkyl halides is 3. The van der Waals surface area contributed by atoms with Gasteiger partial charge >= 0.3 is 6.36 Å². The topological polar surface area (TPSA) is 26.3 Å². The average molecular weight is 348 g/mol. The van der Waals surface area contributed by atoms with Crippen molar-refractivity contribution in [1.29, 1.82) is 0 Å². The van der Waals surface area contributed by atoms with E-state index < -0.39 is 23.7 Å². The molecule has 0 heterocycles. The minimum atomic E-state index is -5.14.